The van der Waals surface area contributed by atoms with E-state index in [9.17, 15) is 0 Å². The molecule has 0 saturated heterocycles. The molecule has 0 aliphatic heterocycles. The van der Waals surface area contributed by atoms with Crippen LogP contribution in [0, 0.1) is 0 Å². The van der Waals surface area contributed by atoms with Crippen LogP contribution in [0.5, 0.6) is 0 Å². The van der Waals surface area contributed by atoms with Crippen molar-refractivity contribution in [2.24, 2.45) is 0 Å². The topological polar surface area (TPSA) is 6.48 Å². The quantitative estimate of drug-likeness (QED) is 0.135. The highest BCUT2D eigenvalue weighted by Crippen LogP contribution is 2.41. The summed E-state index contributed by atoms with van der Waals surface area (Å²) in [5.41, 5.74) is 13.9. The Morgan fingerprint density at radius 3 is 0.806 bits per heavy atom. The van der Waals surface area contributed by atoms with E-state index in [4.69, 9.17) is 0 Å². The van der Waals surface area contributed by atoms with Crippen molar-refractivity contribution in [3.05, 3.63) is 243 Å². The fraction of sp³-hybridized carbons (Fsp3) is 0. The van der Waals surface area contributed by atoms with E-state index in [-0.39, 0.29) is 0 Å². The summed E-state index contributed by atoms with van der Waals surface area (Å²) in [5, 5.41) is 2.58. The number of anilines is 6. The molecular formula is C58H40N2S2. The fourth-order valence-corrected chi connectivity index (χ4v) is 10.4. The molecule has 0 amide bonds. The summed E-state index contributed by atoms with van der Waals surface area (Å²) in [4.78, 5) is 7.22. The number of para-hydroxylation sites is 2. The molecule has 0 atom stereocenters. The van der Waals surface area contributed by atoms with Crippen LogP contribution < -0.4 is 9.80 Å². The monoisotopic (exact) mass is 828 g/mol. The zero-order valence-corrected chi connectivity index (χ0v) is 35.4. The lowest BCUT2D eigenvalue weighted by molar-refractivity contribution is 1.28. The van der Waals surface area contributed by atoms with Crippen LogP contribution in [0.4, 0.5) is 34.1 Å². The van der Waals surface area contributed by atoms with Crippen molar-refractivity contribution in [1.29, 1.82) is 0 Å². The first-order chi connectivity index (χ1) is 30.7. The molecule has 0 fully saturated rings. The molecule has 62 heavy (non-hydrogen) atoms. The maximum Gasteiger partial charge on any atom is 0.0462 e. The minimum Gasteiger partial charge on any atom is -0.311 e. The molecule has 0 unspecified atom stereocenters. The third-order valence-electron chi connectivity index (χ3n) is 11.5. The molecule has 0 aliphatic rings. The van der Waals surface area contributed by atoms with Crippen LogP contribution in [0.25, 0.3) is 63.3 Å². The highest BCUT2D eigenvalue weighted by molar-refractivity contribution is 7.22. The third-order valence-corrected chi connectivity index (χ3v) is 13.8. The van der Waals surface area contributed by atoms with Gasteiger partial charge in [-0.2, -0.15) is 0 Å². The molecule has 0 spiro atoms. The Morgan fingerprint density at radius 1 is 0.226 bits per heavy atom. The molecule has 0 aliphatic carbocycles. The predicted molar refractivity (Wildman–Crippen MR) is 268 cm³/mol. The summed E-state index contributed by atoms with van der Waals surface area (Å²) in [5.74, 6) is 0. The number of hydrogen-bond donors (Lipinski definition) is 0. The van der Waals surface area contributed by atoms with Crippen LogP contribution in [0.1, 0.15) is 0 Å². The van der Waals surface area contributed by atoms with Crippen molar-refractivity contribution in [1.82, 2.24) is 0 Å². The lowest BCUT2D eigenvalue weighted by atomic mass is 9.99. The zero-order valence-electron chi connectivity index (χ0n) is 33.8. The van der Waals surface area contributed by atoms with Gasteiger partial charge in [-0.3, -0.25) is 0 Å². The first kappa shape index (κ1) is 37.5. The molecule has 4 heteroatoms. The molecule has 9 aromatic carbocycles. The Balaban J connectivity index is 0.825. The SMILES string of the molecule is c1ccc(N(c2ccc(-c3ccc(-c4ccc(N(c5ccccc5)c5ccc(-c6cc7ccccc7s6)cc5)cc4)cc3)cc2)c2ccc(-c3cc4ccccc4s3)cc2)cc1. The summed E-state index contributed by atoms with van der Waals surface area (Å²) in [7, 11) is 0. The molecule has 2 aromatic heterocycles. The van der Waals surface area contributed by atoms with E-state index < -0.39 is 0 Å². The smallest absolute Gasteiger partial charge is 0.0462 e. The van der Waals surface area contributed by atoms with E-state index in [1.165, 1.54) is 63.3 Å². The maximum atomic E-state index is 2.33. The maximum absolute atomic E-state index is 2.33. The fourth-order valence-electron chi connectivity index (χ4n) is 8.31. The van der Waals surface area contributed by atoms with Gasteiger partial charge >= 0.3 is 0 Å². The minimum atomic E-state index is 1.11. The van der Waals surface area contributed by atoms with E-state index in [2.05, 4.69) is 252 Å². The molecule has 2 heterocycles. The predicted octanol–water partition coefficient (Wildman–Crippen LogP) is 17.7. The van der Waals surface area contributed by atoms with Crippen molar-refractivity contribution in [3.63, 3.8) is 0 Å². The average Bonchev–Trinajstić information content (AvgIpc) is 3.99. The van der Waals surface area contributed by atoms with Gasteiger partial charge in [0, 0.05) is 53.3 Å². The van der Waals surface area contributed by atoms with Crippen LogP contribution in [-0.2, 0) is 0 Å². The van der Waals surface area contributed by atoms with Gasteiger partial charge in [-0.25, -0.2) is 0 Å². The third kappa shape index (κ3) is 7.47. The van der Waals surface area contributed by atoms with Crippen molar-refractivity contribution in [2.75, 3.05) is 9.80 Å². The molecule has 0 radical (unpaired) electrons. The second-order valence-electron chi connectivity index (χ2n) is 15.4. The summed E-state index contributed by atoms with van der Waals surface area (Å²) in [6, 6.07) is 87.6. The van der Waals surface area contributed by atoms with Crippen molar-refractivity contribution in [2.45, 2.75) is 0 Å². The van der Waals surface area contributed by atoms with Crippen LogP contribution >= 0.6 is 22.7 Å². The Labute approximate surface area is 370 Å². The van der Waals surface area contributed by atoms with Gasteiger partial charge in [-0.15, -0.1) is 22.7 Å². The minimum absolute atomic E-state index is 1.11. The van der Waals surface area contributed by atoms with Gasteiger partial charge in [-0.05, 0) is 141 Å². The van der Waals surface area contributed by atoms with E-state index >= 15 is 0 Å². The van der Waals surface area contributed by atoms with Gasteiger partial charge in [0.25, 0.3) is 0 Å². The Kier molecular flexibility index (Phi) is 9.99. The van der Waals surface area contributed by atoms with Gasteiger partial charge in [-0.1, -0.05) is 146 Å². The van der Waals surface area contributed by atoms with Crippen LogP contribution in [0.15, 0.2) is 243 Å². The zero-order chi connectivity index (χ0) is 41.2. The van der Waals surface area contributed by atoms with Crippen LogP contribution in [-0.4, -0.2) is 0 Å². The number of benzene rings is 9. The van der Waals surface area contributed by atoms with Gasteiger partial charge < -0.3 is 9.80 Å². The van der Waals surface area contributed by atoms with Crippen LogP contribution in [0.2, 0.25) is 0 Å². The number of rotatable bonds is 10. The average molecular weight is 829 g/mol. The molecule has 11 rings (SSSR count). The summed E-state index contributed by atoms with van der Waals surface area (Å²) in [6.45, 7) is 0. The largest absolute Gasteiger partial charge is 0.311 e. The summed E-state index contributed by atoms with van der Waals surface area (Å²) < 4.78 is 2.63. The van der Waals surface area contributed by atoms with Gasteiger partial charge in [0.15, 0.2) is 0 Å². The first-order valence-corrected chi connectivity index (χ1v) is 22.5. The first-order valence-electron chi connectivity index (χ1n) is 20.9. The number of hydrogen-bond acceptors (Lipinski definition) is 4. The highest BCUT2D eigenvalue weighted by Gasteiger charge is 2.16. The molecular weight excluding hydrogens is 789 g/mol. The molecule has 0 saturated carbocycles. The summed E-state index contributed by atoms with van der Waals surface area (Å²) >= 11 is 3.68. The van der Waals surface area contributed by atoms with E-state index in [1.807, 2.05) is 22.7 Å². The standard InChI is InChI=1S/C58H40N2S2/c1-3-13-49(14-4-1)59(53-35-27-45(28-36-53)57-39-47-11-7-9-17-55(47)61-57)51-31-23-43(24-32-51)41-19-21-42(22-20-41)44-25-33-52(34-26-44)60(50-15-5-2-6-16-50)54-37-29-46(30-38-54)58-40-48-12-8-10-18-56(48)62-58/h1-40H. The van der Waals surface area contributed by atoms with Crippen molar-refractivity contribution < 1.29 is 0 Å². The second-order valence-corrected chi connectivity index (χ2v) is 17.6. The highest BCUT2D eigenvalue weighted by atomic mass is 32.1. The Hall–Kier alpha value is -7.50. The second kappa shape index (κ2) is 16.5. The van der Waals surface area contributed by atoms with Crippen molar-refractivity contribution in [3.8, 4) is 43.1 Å². The lowest BCUT2D eigenvalue weighted by Crippen LogP contribution is -2.09. The van der Waals surface area contributed by atoms with Crippen LogP contribution in [0.3, 0.4) is 0 Å². The Bertz CT molecular complexity index is 2950. The van der Waals surface area contributed by atoms with E-state index in [1.54, 1.807) is 0 Å². The summed E-state index contributed by atoms with van der Waals surface area (Å²) in [6.07, 6.45) is 0. The molecule has 0 N–H and O–H groups in total. The van der Waals surface area contributed by atoms with E-state index in [0.717, 1.165) is 34.1 Å². The van der Waals surface area contributed by atoms with Gasteiger partial charge in [0.2, 0.25) is 0 Å². The number of fused-ring (bicyclic) bond motifs is 2. The van der Waals surface area contributed by atoms with Crippen molar-refractivity contribution >= 4 is 77.0 Å². The molecule has 11 aromatic rings. The number of thiophene rings is 2. The van der Waals surface area contributed by atoms with E-state index in [0.29, 0.717) is 0 Å². The number of nitrogens with zero attached hydrogens (tertiary/aromatic N) is 2. The molecule has 0 bridgehead atoms. The Morgan fingerprint density at radius 2 is 0.484 bits per heavy atom. The lowest BCUT2D eigenvalue weighted by Gasteiger charge is -2.26. The molecule has 294 valence electrons. The molecule has 2 nitrogen and oxygen atoms in total. The van der Waals surface area contributed by atoms with Gasteiger partial charge in [0.1, 0.15) is 0 Å². The van der Waals surface area contributed by atoms with Gasteiger partial charge in [0.05, 0.1) is 0 Å². The normalized spacial score (nSPS) is 11.2.